The first-order valence-electron chi connectivity index (χ1n) is 12.0. The lowest BCUT2D eigenvalue weighted by atomic mass is 9.95. The summed E-state index contributed by atoms with van der Waals surface area (Å²) in [5.41, 5.74) is 3.23. The van der Waals surface area contributed by atoms with Crippen LogP contribution in [0, 0.1) is 17.8 Å². The fraction of sp³-hybridized carbons (Fsp3) is 0.444. The number of carbonyl (C=O) groups is 3. The fourth-order valence-electron chi connectivity index (χ4n) is 5.93. The molecule has 1 aliphatic heterocycles. The maximum atomic E-state index is 13.5. The van der Waals surface area contributed by atoms with Crippen molar-refractivity contribution in [2.24, 2.45) is 17.8 Å². The van der Waals surface area contributed by atoms with Gasteiger partial charge in [-0.1, -0.05) is 55.5 Å². The van der Waals surface area contributed by atoms with Crippen molar-refractivity contribution in [3.05, 3.63) is 59.7 Å². The standard InChI is InChI=1S/C27H30N2O6/c1-3-27(15-34-2,25(32)29-12-20-21(13-29)23(20)24(30)31)28-26(33)35-14-22-18-10-6-4-8-16(18)17-9-5-7-11-19(17)22/h4-11,20-23H,3,12-15H2,1-2H3,(H,28,33)(H,30,31). The summed E-state index contributed by atoms with van der Waals surface area (Å²) in [5.74, 6) is -1.53. The van der Waals surface area contributed by atoms with Gasteiger partial charge in [0.2, 0.25) is 0 Å². The van der Waals surface area contributed by atoms with Crippen molar-refractivity contribution in [1.29, 1.82) is 0 Å². The first kappa shape index (κ1) is 23.4. The van der Waals surface area contributed by atoms with Crippen LogP contribution < -0.4 is 5.32 Å². The number of likely N-dealkylation sites (tertiary alicyclic amines) is 1. The van der Waals surface area contributed by atoms with E-state index in [0.29, 0.717) is 19.5 Å². The van der Waals surface area contributed by atoms with Gasteiger partial charge in [0, 0.05) is 26.1 Å². The third-order valence-corrected chi connectivity index (χ3v) is 7.86. The second-order valence-electron chi connectivity index (χ2n) is 9.72. The van der Waals surface area contributed by atoms with Gasteiger partial charge < -0.3 is 24.8 Å². The van der Waals surface area contributed by atoms with E-state index in [4.69, 9.17) is 9.47 Å². The Kier molecular flexibility index (Phi) is 6.01. The van der Waals surface area contributed by atoms with Crippen LogP contribution in [0.5, 0.6) is 0 Å². The van der Waals surface area contributed by atoms with E-state index < -0.39 is 17.6 Å². The molecule has 35 heavy (non-hydrogen) atoms. The van der Waals surface area contributed by atoms with Crippen LogP contribution in [0.3, 0.4) is 0 Å². The Morgan fingerprint density at radius 2 is 1.60 bits per heavy atom. The lowest BCUT2D eigenvalue weighted by molar-refractivity contribution is -0.143. The second-order valence-corrected chi connectivity index (χ2v) is 9.72. The molecule has 2 fully saturated rings. The first-order chi connectivity index (χ1) is 16.9. The summed E-state index contributed by atoms with van der Waals surface area (Å²) in [4.78, 5) is 39.4. The number of carboxylic acids is 1. The third-order valence-electron chi connectivity index (χ3n) is 7.86. The Bertz CT molecular complexity index is 1110. The number of ether oxygens (including phenoxy) is 2. The molecule has 184 valence electrons. The second kappa shape index (κ2) is 9.00. The van der Waals surface area contributed by atoms with Crippen molar-refractivity contribution in [2.75, 3.05) is 33.4 Å². The lowest BCUT2D eigenvalue weighted by Gasteiger charge is -2.35. The smallest absolute Gasteiger partial charge is 0.408 e. The normalized spacial score (nSPS) is 23.6. The van der Waals surface area contributed by atoms with Crippen molar-refractivity contribution in [1.82, 2.24) is 10.2 Å². The summed E-state index contributed by atoms with van der Waals surface area (Å²) in [6, 6.07) is 16.2. The summed E-state index contributed by atoms with van der Waals surface area (Å²) < 4.78 is 11.0. The van der Waals surface area contributed by atoms with E-state index in [0.717, 1.165) is 22.3 Å². The first-order valence-corrected chi connectivity index (χ1v) is 12.0. The van der Waals surface area contributed by atoms with Gasteiger partial charge in [-0.25, -0.2) is 4.79 Å². The minimum Gasteiger partial charge on any atom is -0.481 e. The Hall–Kier alpha value is -3.39. The molecule has 8 nitrogen and oxygen atoms in total. The molecule has 2 N–H and O–H groups in total. The van der Waals surface area contributed by atoms with Crippen molar-refractivity contribution < 1.29 is 29.0 Å². The average Bonchev–Trinajstić information content (AvgIpc) is 3.21. The van der Waals surface area contributed by atoms with E-state index in [-0.39, 0.29) is 42.8 Å². The molecule has 1 saturated carbocycles. The number of carboxylic acid groups (broad SMARTS) is 1. The molecular formula is C27H30N2O6. The molecule has 2 amide bonds. The summed E-state index contributed by atoms with van der Waals surface area (Å²) >= 11 is 0. The van der Waals surface area contributed by atoms with Crippen molar-refractivity contribution in [3.63, 3.8) is 0 Å². The van der Waals surface area contributed by atoms with Crippen molar-refractivity contribution in [3.8, 4) is 11.1 Å². The Morgan fingerprint density at radius 1 is 1.03 bits per heavy atom. The van der Waals surface area contributed by atoms with Gasteiger partial charge in [-0.3, -0.25) is 9.59 Å². The van der Waals surface area contributed by atoms with E-state index >= 15 is 0 Å². The number of aliphatic carboxylic acids is 1. The molecule has 8 heteroatoms. The lowest BCUT2D eigenvalue weighted by Crippen LogP contribution is -2.62. The summed E-state index contributed by atoms with van der Waals surface area (Å²) in [6.45, 7) is 2.74. The predicted molar refractivity (Wildman–Crippen MR) is 128 cm³/mol. The van der Waals surface area contributed by atoms with Crippen LogP contribution >= 0.6 is 0 Å². The van der Waals surface area contributed by atoms with Gasteiger partial charge in [0.25, 0.3) is 5.91 Å². The number of hydrogen-bond acceptors (Lipinski definition) is 5. The molecule has 0 bridgehead atoms. The highest BCUT2D eigenvalue weighted by atomic mass is 16.5. The molecular weight excluding hydrogens is 448 g/mol. The number of nitrogens with one attached hydrogen (secondary N) is 1. The number of hydrogen-bond donors (Lipinski definition) is 2. The van der Waals surface area contributed by atoms with Crippen LogP contribution in [0.4, 0.5) is 4.79 Å². The number of fused-ring (bicyclic) bond motifs is 4. The predicted octanol–water partition coefficient (Wildman–Crippen LogP) is 3.11. The monoisotopic (exact) mass is 478 g/mol. The SMILES string of the molecule is CCC(COC)(NC(=O)OCC1c2ccccc2-c2ccccc21)C(=O)N1CC2C(C1)C2C(=O)O. The van der Waals surface area contributed by atoms with Crippen molar-refractivity contribution >= 4 is 18.0 Å². The average molecular weight is 479 g/mol. The topological polar surface area (TPSA) is 105 Å². The number of methoxy groups -OCH3 is 1. The van der Waals surface area contributed by atoms with Gasteiger partial charge in [0.1, 0.15) is 12.1 Å². The van der Waals surface area contributed by atoms with Crippen LogP contribution in [-0.2, 0) is 19.1 Å². The molecule has 1 heterocycles. The fourth-order valence-corrected chi connectivity index (χ4v) is 5.93. The van der Waals surface area contributed by atoms with Crippen LogP contribution in [0.1, 0.15) is 30.4 Å². The number of piperidine rings is 1. The third kappa shape index (κ3) is 3.95. The summed E-state index contributed by atoms with van der Waals surface area (Å²) in [5, 5.41) is 12.1. The summed E-state index contributed by atoms with van der Waals surface area (Å²) in [7, 11) is 1.49. The molecule has 0 spiro atoms. The molecule has 3 atom stereocenters. The minimum absolute atomic E-state index is 0.000715. The molecule has 2 aromatic rings. The number of benzene rings is 2. The Balaban J connectivity index is 1.27. The molecule has 2 aliphatic carbocycles. The molecule has 3 aliphatic rings. The largest absolute Gasteiger partial charge is 0.481 e. The van der Waals surface area contributed by atoms with E-state index in [1.807, 2.05) is 31.2 Å². The highest BCUT2D eigenvalue weighted by Gasteiger charge is 2.61. The number of amides is 2. The molecule has 0 aromatic heterocycles. The van der Waals surface area contributed by atoms with Crippen molar-refractivity contribution in [2.45, 2.75) is 24.8 Å². The van der Waals surface area contributed by atoms with Gasteiger partial charge in [-0.2, -0.15) is 0 Å². The van der Waals surface area contributed by atoms with Gasteiger partial charge in [-0.05, 0) is 40.5 Å². The zero-order valence-corrected chi connectivity index (χ0v) is 19.9. The van der Waals surface area contributed by atoms with Crippen LogP contribution in [-0.4, -0.2) is 66.9 Å². The maximum absolute atomic E-state index is 13.5. The Labute approximate surface area is 204 Å². The molecule has 1 saturated heterocycles. The van der Waals surface area contributed by atoms with Gasteiger partial charge in [0.05, 0.1) is 12.5 Å². The van der Waals surface area contributed by atoms with Crippen LogP contribution in [0.25, 0.3) is 11.1 Å². The Morgan fingerprint density at radius 3 is 2.11 bits per heavy atom. The maximum Gasteiger partial charge on any atom is 0.408 e. The summed E-state index contributed by atoms with van der Waals surface area (Å²) in [6.07, 6.45) is -0.357. The number of alkyl carbamates (subject to hydrolysis) is 1. The quantitative estimate of drug-likeness (QED) is 0.604. The van der Waals surface area contributed by atoms with Gasteiger partial charge >= 0.3 is 12.1 Å². The zero-order chi connectivity index (χ0) is 24.7. The number of carbonyl (C=O) groups excluding carboxylic acids is 2. The van der Waals surface area contributed by atoms with E-state index in [1.54, 1.807) is 4.90 Å². The minimum atomic E-state index is -1.27. The van der Waals surface area contributed by atoms with E-state index in [2.05, 4.69) is 29.6 Å². The molecule has 2 aromatic carbocycles. The van der Waals surface area contributed by atoms with Gasteiger partial charge in [-0.15, -0.1) is 0 Å². The van der Waals surface area contributed by atoms with Gasteiger partial charge in [0.15, 0.2) is 0 Å². The molecule has 5 rings (SSSR count). The van der Waals surface area contributed by atoms with E-state index in [9.17, 15) is 19.5 Å². The molecule has 3 unspecified atom stereocenters. The highest BCUT2D eigenvalue weighted by Crippen LogP contribution is 2.52. The number of nitrogens with zero attached hydrogens (tertiary/aromatic N) is 1. The highest BCUT2D eigenvalue weighted by molar-refractivity contribution is 5.91. The van der Waals surface area contributed by atoms with Crippen LogP contribution in [0.2, 0.25) is 0 Å². The molecule has 0 radical (unpaired) electrons. The van der Waals surface area contributed by atoms with Crippen LogP contribution in [0.15, 0.2) is 48.5 Å². The zero-order valence-electron chi connectivity index (χ0n) is 19.9. The number of rotatable bonds is 8. The van der Waals surface area contributed by atoms with E-state index in [1.165, 1.54) is 7.11 Å².